The number of nitrogens with one attached hydrogen (secondary N) is 1. The second-order valence-corrected chi connectivity index (χ2v) is 6.68. The van der Waals surface area contributed by atoms with Gasteiger partial charge in [-0.1, -0.05) is 31.2 Å². The summed E-state index contributed by atoms with van der Waals surface area (Å²) in [4.78, 5) is 34.1. The molecule has 0 atom stereocenters. The van der Waals surface area contributed by atoms with Gasteiger partial charge in [-0.3, -0.25) is 9.20 Å². The maximum absolute atomic E-state index is 12.8. The Balaban J connectivity index is 1.78. The summed E-state index contributed by atoms with van der Waals surface area (Å²) in [7, 11) is 0. The number of fused-ring (bicyclic) bond motifs is 2. The molecule has 0 bridgehead atoms. The number of nitrogens with zero attached hydrogens (tertiary/aromatic N) is 3. The van der Waals surface area contributed by atoms with Gasteiger partial charge in [-0.2, -0.15) is 4.98 Å². The molecule has 0 fully saturated rings. The molecule has 0 unspecified atom stereocenters. The first-order valence-corrected chi connectivity index (χ1v) is 9.40. The normalized spacial score (nSPS) is 11.0. The number of anilines is 2. The number of hydrogen-bond acceptors (Lipinski definition) is 6. The number of rotatable bonds is 5. The van der Waals surface area contributed by atoms with Gasteiger partial charge in [0, 0.05) is 11.8 Å². The smallest absolute Gasteiger partial charge is 0.340 e. The van der Waals surface area contributed by atoms with Gasteiger partial charge in [0.25, 0.3) is 5.56 Å². The zero-order chi connectivity index (χ0) is 20.4. The van der Waals surface area contributed by atoms with E-state index in [2.05, 4.69) is 15.3 Å². The second kappa shape index (κ2) is 7.71. The molecule has 29 heavy (non-hydrogen) atoms. The molecular weight excluding hydrogens is 368 g/mol. The van der Waals surface area contributed by atoms with E-state index >= 15 is 0 Å². The Morgan fingerprint density at radius 3 is 2.69 bits per heavy atom. The van der Waals surface area contributed by atoms with Crippen LogP contribution in [-0.4, -0.2) is 26.9 Å². The number of ether oxygens (including phenoxy) is 1. The molecule has 0 aliphatic rings. The predicted octanol–water partition coefficient (Wildman–Crippen LogP) is 3.86. The molecule has 4 aromatic rings. The summed E-state index contributed by atoms with van der Waals surface area (Å²) in [6, 6.07) is 14.3. The van der Waals surface area contributed by atoms with Crippen LogP contribution in [0.15, 0.2) is 59.5 Å². The Bertz CT molecular complexity index is 1280. The van der Waals surface area contributed by atoms with Crippen LogP contribution in [0.2, 0.25) is 0 Å². The van der Waals surface area contributed by atoms with Gasteiger partial charge in [-0.05, 0) is 37.6 Å². The van der Waals surface area contributed by atoms with Crippen molar-refractivity contribution in [2.75, 3.05) is 11.9 Å². The van der Waals surface area contributed by atoms with Gasteiger partial charge in [0.2, 0.25) is 5.78 Å². The predicted molar refractivity (Wildman–Crippen MR) is 112 cm³/mol. The standard InChI is InChI=1S/C22H20N4O3/c1-3-12-29-21(28)16-9-5-7-11-18(16)23-19-14(2)13-26-20(27)15-8-4-6-10-17(15)24-22(26)25-19/h4-11,13H,3,12H2,1-2H3,(H,23,24,25). The van der Waals surface area contributed by atoms with Gasteiger partial charge in [0.05, 0.1) is 28.8 Å². The fourth-order valence-electron chi connectivity index (χ4n) is 3.07. The summed E-state index contributed by atoms with van der Waals surface area (Å²) >= 11 is 0. The van der Waals surface area contributed by atoms with E-state index in [1.807, 2.05) is 32.0 Å². The number of carbonyl (C=O) groups is 1. The lowest BCUT2D eigenvalue weighted by Crippen LogP contribution is -2.17. The fourth-order valence-corrected chi connectivity index (χ4v) is 3.07. The van der Waals surface area contributed by atoms with Crippen molar-refractivity contribution in [3.8, 4) is 0 Å². The number of hydrogen-bond donors (Lipinski definition) is 1. The molecule has 1 N–H and O–H groups in total. The summed E-state index contributed by atoms with van der Waals surface area (Å²) < 4.78 is 6.70. The van der Waals surface area contributed by atoms with Gasteiger partial charge in [0.1, 0.15) is 5.82 Å². The van der Waals surface area contributed by atoms with Gasteiger partial charge in [-0.25, -0.2) is 9.78 Å². The van der Waals surface area contributed by atoms with E-state index in [0.717, 1.165) is 12.0 Å². The highest BCUT2D eigenvalue weighted by Gasteiger charge is 2.15. The Hall–Kier alpha value is -3.74. The molecule has 2 heterocycles. The van der Waals surface area contributed by atoms with E-state index in [1.165, 1.54) is 4.40 Å². The van der Waals surface area contributed by atoms with Gasteiger partial charge < -0.3 is 10.1 Å². The summed E-state index contributed by atoms with van der Waals surface area (Å²) in [5.74, 6) is 0.407. The Kier molecular flexibility index (Phi) is 4.95. The fraction of sp³-hybridized carbons (Fsp3) is 0.182. The average molecular weight is 388 g/mol. The zero-order valence-corrected chi connectivity index (χ0v) is 16.2. The molecule has 0 amide bonds. The van der Waals surface area contributed by atoms with Gasteiger partial charge >= 0.3 is 5.97 Å². The first kappa shape index (κ1) is 18.6. The average Bonchev–Trinajstić information content (AvgIpc) is 2.74. The first-order valence-electron chi connectivity index (χ1n) is 9.40. The van der Waals surface area contributed by atoms with Crippen molar-refractivity contribution in [2.45, 2.75) is 20.3 Å². The molecule has 7 heteroatoms. The minimum atomic E-state index is -0.395. The number of aromatic nitrogens is 3. The number of aryl methyl sites for hydroxylation is 1. The van der Waals surface area contributed by atoms with Gasteiger partial charge in [0.15, 0.2) is 0 Å². The van der Waals surface area contributed by atoms with E-state index < -0.39 is 5.97 Å². The van der Waals surface area contributed by atoms with Crippen molar-refractivity contribution in [1.29, 1.82) is 0 Å². The van der Waals surface area contributed by atoms with E-state index in [0.29, 0.717) is 34.6 Å². The zero-order valence-electron chi connectivity index (χ0n) is 16.2. The molecule has 0 aliphatic heterocycles. The SMILES string of the molecule is CCCOC(=O)c1ccccc1Nc1nc2nc3ccccc3c(=O)n2cc1C. The van der Waals surface area contributed by atoms with Crippen LogP contribution in [0.4, 0.5) is 11.5 Å². The lowest BCUT2D eigenvalue weighted by Gasteiger charge is -2.13. The van der Waals surface area contributed by atoms with Crippen LogP contribution in [0.5, 0.6) is 0 Å². The summed E-state index contributed by atoms with van der Waals surface area (Å²) in [5.41, 5.74) is 2.16. The molecule has 0 saturated heterocycles. The van der Waals surface area contributed by atoms with E-state index in [4.69, 9.17) is 4.74 Å². The third kappa shape index (κ3) is 3.54. The van der Waals surface area contributed by atoms with E-state index in [1.54, 1.807) is 36.5 Å². The molecule has 146 valence electrons. The molecule has 2 aromatic heterocycles. The maximum atomic E-state index is 12.8. The summed E-state index contributed by atoms with van der Waals surface area (Å²) in [6.45, 7) is 4.15. The quantitative estimate of drug-likeness (QED) is 0.413. The molecule has 0 spiro atoms. The van der Waals surface area contributed by atoms with Crippen LogP contribution < -0.4 is 10.9 Å². The lowest BCUT2D eigenvalue weighted by atomic mass is 10.1. The minimum absolute atomic E-state index is 0.170. The van der Waals surface area contributed by atoms with Crippen LogP contribution in [0.3, 0.4) is 0 Å². The lowest BCUT2D eigenvalue weighted by molar-refractivity contribution is 0.0506. The third-order valence-corrected chi connectivity index (χ3v) is 4.53. The summed E-state index contributed by atoms with van der Waals surface area (Å²) in [5, 5.41) is 3.73. The topological polar surface area (TPSA) is 85.6 Å². The van der Waals surface area contributed by atoms with Crippen molar-refractivity contribution in [3.05, 3.63) is 76.2 Å². The van der Waals surface area contributed by atoms with Crippen LogP contribution in [0.1, 0.15) is 29.3 Å². The number of carbonyl (C=O) groups excluding carboxylic acids is 1. The van der Waals surface area contributed by atoms with E-state index in [9.17, 15) is 9.59 Å². The molecule has 0 radical (unpaired) electrons. The number of esters is 1. The van der Waals surface area contributed by atoms with Crippen LogP contribution in [0.25, 0.3) is 16.7 Å². The highest BCUT2D eigenvalue weighted by atomic mass is 16.5. The highest BCUT2D eigenvalue weighted by molar-refractivity contribution is 5.96. The molecule has 0 saturated carbocycles. The minimum Gasteiger partial charge on any atom is -0.462 e. The second-order valence-electron chi connectivity index (χ2n) is 6.68. The molecule has 4 rings (SSSR count). The van der Waals surface area contributed by atoms with Crippen molar-refractivity contribution in [2.24, 2.45) is 0 Å². The molecule has 2 aromatic carbocycles. The van der Waals surface area contributed by atoms with Crippen molar-refractivity contribution in [1.82, 2.24) is 14.4 Å². The summed E-state index contributed by atoms with van der Waals surface area (Å²) in [6.07, 6.45) is 2.45. The molecule has 7 nitrogen and oxygen atoms in total. The van der Waals surface area contributed by atoms with Crippen LogP contribution >= 0.6 is 0 Å². The Morgan fingerprint density at radius 2 is 1.86 bits per heavy atom. The monoisotopic (exact) mass is 388 g/mol. The third-order valence-electron chi connectivity index (χ3n) is 4.53. The van der Waals surface area contributed by atoms with Crippen molar-refractivity contribution < 1.29 is 9.53 Å². The molecule has 0 aliphatic carbocycles. The number of para-hydroxylation sites is 2. The first-order chi connectivity index (χ1) is 14.1. The van der Waals surface area contributed by atoms with E-state index in [-0.39, 0.29) is 11.3 Å². The molecular formula is C22H20N4O3. The Labute approximate surface area is 167 Å². The Morgan fingerprint density at radius 1 is 1.10 bits per heavy atom. The highest BCUT2D eigenvalue weighted by Crippen LogP contribution is 2.23. The largest absolute Gasteiger partial charge is 0.462 e. The van der Waals surface area contributed by atoms with Crippen molar-refractivity contribution >= 4 is 34.2 Å². The van der Waals surface area contributed by atoms with Crippen molar-refractivity contribution in [3.63, 3.8) is 0 Å². The maximum Gasteiger partial charge on any atom is 0.340 e. The van der Waals surface area contributed by atoms with Gasteiger partial charge in [-0.15, -0.1) is 0 Å². The van der Waals surface area contributed by atoms with Crippen LogP contribution in [-0.2, 0) is 4.74 Å². The number of benzene rings is 2. The van der Waals surface area contributed by atoms with Crippen LogP contribution in [0, 0.1) is 6.92 Å².